The third-order valence-corrected chi connectivity index (χ3v) is 6.98. The van der Waals surface area contributed by atoms with Gasteiger partial charge in [-0.15, -0.1) is 33.3 Å². The molecule has 0 aliphatic carbocycles. The Balaban J connectivity index is 1.49. The van der Waals surface area contributed by atoms with E-state index in [0.717, 1.165) is 10.4 Å². The molecule has 1 amide bonds. The van der Waals surface area contributed by atoms with Crippen molar-refractivity contribution >= 4 is 63.3 Å². The number of benzene rings is 1. The number of hydrazine groups is 2. The molecule has 0 bridgehead atoms. The predicted octanol–water partition coefficient (Wildman–Crippen LogP) is 3.92. The minimum absolute atomic E-state index is 0.0672. The number of rotatable bonds is 5. The zero-order valence-electron chi connectivity index (χ0n) is 15.3. The molecular weight excluding hydrogens is 467 g/mol. The molecule has 0 saturated heterocycles. The highest BCUT2D eigenvalue weighted by Gasteiger charge is 2.17. The van der Waals surface area contributed by atoms with Crippen molar-refractivity contribution in [2.45, 2.75) is 6.92 Å². The summed E-state index contributed by atoms with van der Waals surface area (Å²) in [6, 6.07) is 8.61. The Morgan fingerprint density at radius 1 is 1.23 bits per heavy atom. The molecule has 0 saturated carbocycles. The fourth-order valence-electron chi connectivity index (χ4n) is 2.60. The highest BCUT2D eigenvalue weighted by Crippen LogP contribution is 2.40. The summed E-state index contributed by atoms with van der Waals surface area (Å²) < 4.78 is 0. The van der Waals surface area contributed by atoms with Crippen LogP contribution < -0.4 is 21.9 Å². The molecule has 1 aliphatic heterocycles. The number of nitrogens with zero attached hydrogens (tertiary/aromatic N) is 2. The Morgan fingerprint density at radius 3 is 2.80 bits per heavy atom. The van der Waals surface area contributed by atoms with E-state index in [-0.39, 0.29) is 11.7 Å². The molecule has 3 aromatic rings. The number of halogens is 2. The van der Waals surface area contributed by atoms with Gasteiger partial charge >= 0.3 is 0 Å². The van der Waals surface area contributed by atoms with Gasteiger partial charge in [0.1, 0.15) is 5.75 Å². The van der Waals surface area contributed by atoms with Gasteiger partial charge in [-0.1, -0.05) is 29.3 Å². The smallest absolute Gasteiger partial charge is 0.281 e. The first kappa shape index (κ1) is 20.6. The second-order valence-corrected chi connectivity index (χ2v) is 8.86. The molecule has 1 aromatic carbocycles. The van der Waals surface area contributed by atoms with Crippen LogP contribution in [0.15, 0.2) is 45.9 Å². The van der Waals surface area contributed by atoms with Gasteiger partial charge in [-0.3, -0.25) is 10.2 Å². The van der Waals surface area contributed by atoms with Crippen LogP contribution in [0.4, 0.5) is 0 Å². The average Bonchev–Trinajstić information content (AvgIpc) is 3.48. The van der Waals surface area contributed by atoms with Gasteiger partial charge in [0.05, 0.1) is 36.0 Å². The molecule has 0 spiro atoms. The zero-order chi connectivity index (χ0) is 21.3. The van der Waals surface area contributed by atoms with Crippen LogP contribution in [0.25, 0.3) is 10.4 Å². The van der Waals surface area contributed by atoms with Crippen molar-refractivity contribution in [3.8, 4) is 16.2 Å². The zero-order valence-corrected chi connectivity index (χ0v) is 18.4. The second kappa shape index (κ2) is 8.62. The highest BCUT2D eigenvalue weighted by atomic mass is 35.5. The maximum absolute atomic E-state index is 12.4. The SMILES string of the molecule is CC(=NNC(=O)c1ccc(C2=NNNN2)s1)c1csc(-c2ccc(Cl)c(Cl)c2)c1O. The van der Waals surface area contributed by atoms with E-state index in [1.54, 1.807) is 42.6 Å². The number of amides is 1. The number of carbonyl (C=O) groups is 1. The molecule has 3 heterocycles. The van der Waals surface area contributed by atoms with E-state index in [2.05, 4.69) is 32.1 Å². The van der Waals surface area contributed by atoms with Crippen molar-refractivity contribution in [1.82, 2.24) is 21.9 Å². The monoisotopic (exact) mass is 480 g/mol. The van der Waals surface area contributed by atoms with Crippen LogP contribution in [0, 0.1) is 0 Å². The fraction of sp³-hybridized carbons (Fsp3) is 0.0556. The van der Waals surface area contributed by atoms with E-state index < -0.39 is 0 Å². The molecule has 0 radical (unpaired) electrons. The summed E-state index contributed by atoms with van der Waals surface area (Å²) in [7, 11) is 0. The summed E-state index contributed by atoms with van der Waals surface area (Å²) in [5.41, 5.74) is 12.3. The first-order chi connectivity index (χ1) is 14.4. The van der Waals surface area contributed by atoms with E-state index in [0.29, 0.717) is 36.9 Å². The van der Waals surface area contributed by atoms with Crippen molar-refractivity contribution in [3.63, 3.8) is 0 Å². The number of thiophene rings is 2. The molecule has 154 valence electrons. The molecule has 4 rings (SSSR count). The fourth-order valence-corrected chi connectivity index (χ4v) is 4.74. The van der Waals surface area contributed by atoms with Crippen LogP contribution in [0.2, 0.25) is 10.0 Å². The summed E-state index contributed by atoms with van der Waals surface area (Å²) in [4.78, 5) is 14.3. The Labute approximate surface area is 189 Å². The van der Waals surface area contributed by atoms with Gasteiger partial charge in [0.25, 0.3) is 5.91 Å². The number of carbonyl (C=O) groups excluding carboxylic acids is 1. The first-order valence-corrected chi connectivity index (χ1v) is 10.9. The molecule has 0 fully saturated rings. The molecule has 0 atom stereocenters. The van der Waals surface area contributed by atoms with Crippen molar-refractivity contribution in [3.05, 3.63) is 61.1 Å². The van der Waals surface area contributed by atoms with Gasteiger partial charge < -0.3 is 5.11 Å². The molecule has 2 aromatic heterocycles. The van der Waals surface area contributed by atoms with E-state index >= 15 is 0 Å². The molecular formula is C18H14Cl2N6O2S2. The van der Waals surface area contributed by atoms with E-state index in [1.807, 2.05) is 0 Å². The number of hydrazone groups is 2. The minimum Gasteiger partial charge on any atom is -0.506 e. The van der Waals surface area contributed by atoms with Crippen molar-refractivity contribution in [2.24, 2.45) is 10.2 Å². The normalized spacial score (nSPS) is 13.6. The molecule has 1 aliphatic rings. The van der Waals surface area contributed by atoms with Crippen molar-refractivity contribution < 1.29 is 9.90 Å². The van der Waals surface area contributed by atoms with Crippen LogP contribution in [0.3, 0.4) is 0 Å². The number of hydrogen-bond acceptors (Lipinski definition) is 9. The molecule has 5 N–H and O–H groups in total. The predicted molar refractivity (Wildman–Crippen MR) is 121 cm³/mol. The lowest BCUT2D eigenvalue weighted by atomic mass is 10.1. The average molecular weight is 481 g/mol. The standard InChI is InChI=1S/C18H14Cl2N6O2S2/c1-8(10-7-29-16(15(10)27)9-2-3-11(19)12(20)6-9)21-24-18(28)14-5-4-13(30-14)17-22-25-26-23-17/h2-7,25-27H,1H3,(H,22,23)(H,24,28). The van der Waals surface area contributed by atoms with Gasteiger partial charge in [0, 0.05) is 5.38 Å². The lowest BCUT2D eigenvalue weighted by Crippen LogP contribution is -2.34. The van der Waals surface area contributed by atoms with Crippen LogP contribution in [0.1, 0.15) is 27.0 Å². The Hall–Kier alpha value is -2.63. The van der Waals surface area contributed by atoms with Gasteiger partial charge in [0.2, 0.25) is 0 Å². The third kappa shape index (κ3) is 4.13. The molecule has 8 nitrogen and oxygen atoms in total. The van der Waals surface area contributed by atoms with Gasteiger partial charge in [-0.05, 0) is 36.8 Å². The largest absolute Gasteiger partial charge is 0.506 e. The van der Waals surface area contributed by atoms with Gasteiger partial charge in [0.15, 0.2) is 5.84 Å². The quantitative estimate of drug-likeness (QED) is 0.280. The van der Waals surface area contributed by atoms with Gasteiger partial charge in [-0.25, -0.2) is 11.0 Å². The summed E-state index contributed by atoms with van der Waals surface area (Å²) in [6.45, 7) is 1.70. The Bertz CT molecular complexity index is 1190. The molecule has 12 heteroatoms. The van der Waals surface area contributed by atoms with Crippen LogP contribution in [0.5, 0.6) is 5.75 Å². The summed E-state index contributed by atoms with van der Waals surface area (Å²) in [5.74, 6) is 0.305. The van der Waals surface area contributed by atoms with E-state index in [4.69, 9.17) is 23.2 Å². The number of nitrogens with one attached hydrogen (secondary N) is 4. The molecule has 30 heavy (non-hydrogen) atoms. The van der Waals surface area contributed by atoms with Gasteiger partial charge in [-0.2, -0.15) is 5.10 Å². The van der Waals surface area contributed by atoms with E-state index in [1.165, 1.54) is 22.7 Å². The number of hydrogen-bond donors (Lipinski definition) is 5. The highest BCUT2D eigenvalue weighted by molar-refractivity contribution is 7.16. The summed E-state index contributed by atoms with van der Waals surface area (Å²) >= 11 is 14.6. The maximum Gasteiger partial charge on any atom is 0.281 e. The molecule has 0 unspecified atom stereocenters. The van der Waals surface area contributed by atoms with Crippen molar-refractivity contribution in [2.75, 3.05) is 0 Å². The van der Waals surface area contributed by atoms with Crippen LogP contribution in [-0.4, -0.2) is 22.6 Å². The lowest BCUT2D eigenvalue weighted by Gasteiger charge is -2.04. The first-order valence-electron chi connectivity index (χ1n) is 8.49. The second-order valence-electron chi connectivity index (χ2n) is 6.08. The summed E-state index contributed by atoms with van der Waals surface area (Å²) in [5, 5.41) is 21.4. The lowest BCUT2D eigenvalue weighted by molar-refractivity contribution is 0.0959. The summed E-state index contributed by atoms with van der Waals surface area (Å²) in [6.07, 6.45) is 0. The van der Waals surface area contributed by atoms with Crippen molar-refractivity contribution in [1.29, 1.82) is 0 Å². The Morgan fingerprint density at radius 2 is 2.07 bits per heavy atom. The number of aromatic hydroxyl groups is 1. The van der Waals surface area contributed by atoms with E-state index in [9.17, 15) is 9.90 Å². The minimum atomic E-state index is -0.357. The Kier molecular flexibility index (Phi) is 5.93. The maximum atomic E-state index is 12.4. The number of amidine groups is 1. The van der Waals surface area contributed by atoms with Crippen LogP contribution >= 0.6 is 45.9 Å². The van der Waals surface area contributed by atoms with Crippen LogP contribution in [-0.2, 0) is 0 Å². The topological polar surface area (TPSA) is 110 Å². The third-order valence-electron chi connectivity index (χ3n) is 4.13.